The van der Waals surface area contributed by atoms with Crippen molar-refractivity contribution in [3.05, 3.63) is 71.3 Å². The number of ether oxygens (including phenoxy) is 1. The minimum Gasteiger partial charge on any atom is -0.369 e. The van der Waals surface area contributed by atoms with Gasteiger partial charge in [-0.25, -0.2) is 0 Å². The van der Waals surface area contributed by atoms with Gasteiger partial charge in [-0.1, -0.05) is 42.5 Å². The van der Waals surface area contributed by atoms with Crippen LogP contribution in [0.1, 0.15) is 48.6 Å². The van der Waals surface area contributed by atoms with E-state index in [0.29, 0.717) is 5.56 Å². The fourth-order valence-electron chi connectivity index (χ4n) is 3.31. The second-order valence-electron chi connectivity index (χ2n) is 6.42. The van der Waals surface area contributed by atoms with Gasteiger partial charge in [-0.05, 0) is 49.6 Å². The molecule has 3 rings (SSSR count). The first kappa shape index (κ1) is 18.0. The maximum absolute atomic E-state index is 12.9. The van der Waals surface area contributed by atoms with Gasteiger partial charge in [0.05, 0.1) is 23.8 Å². The highest BCUT2D eigenvalue weighted by Crippen LogP contribution is 2.34. The topological polar surface area (TPSA) is 21.3 Å². The quantitative estimate of drug-likeness (QED) is 0.811. The average Bonchev–Trinajstić information content (AvgIpc) is 2.62. The van der Waals surface area contributed by atoms with Crippen molar-refractivity contribution < 1.29 is 17.9 Å². The van der Waals surface area contributed by atoms with E-state index in [0.717, 1.165) is 31.0 Å². The first-order chi connectivity index (χ1) is 11.9. The number of halogens is 3. The Labute approximate surface area is 146 Å². The summed E-state index contributed by atoms with van der Waals surface area (Å²) in [7, 11) is 0. The number of piperidine rings is 1. The molecule has 1 fully saturated rings. The van der Waals surface area contributed by atoms with E-state index in [9.17, 15) is 13.2 Å². The van der Waals surface area contributed by atoms with Crippen LogP contribution in [0.15, 0.2) is 54.6 Å². The van der Waals surface area contributed by atoms with Gasteiger partial charge in [0, 0.05) is 0 Å². The zero-order chi connectivity index (χ0) is 17.9. The summed E-state index contributed by atoms with van der Waals surface area (Å²) < 4.78 is 44.9. The van der Waals surface area contributed by atoms with Crippen molar-refractivity contribution in [1.82, 2.24) is 5.32 Å². The lowest BCUT2D eigenvalue weighted by Crippen LogP contribution is -2.39. The Hall–Kier alpha value is -1.85. The summed E-state index contributed by atoms with van der Waals surface area (Å²) in [6, 6.07) is 15.5. The molecule has 2 aromatic rings. The molecule has 0 radical (unpaired) electrons. The third-order valence-corrected chi connectivity index (χ3v) is 4.62. The summed E-state index contributed by atoms with van der Waals surface area (Å²) in [5.74, 6) is 0. The van der Waals surface area contributed by atoms with Gasteiger partial charge in [-0.3, -0.25) is 0 Å². The Morgan fingerprint density at radius 1 is 1.08 bits per heavy atom. The molecule has 3 atom stereocenters. The maximum Gasteiger partial charge on any atom is 0.416 e. The monoisotopic (exact) mass is 349 g/mol. The van der Waals surface area contributed by atoms with E-state index in [4.69, 9.17) is 4.74 Å². The molecule has 5 heteroatoms. The molecule has 1 aliphatic heterocycles. The summed E-state index contributed by atoms with van der Waals surface area (Å²) in [6.07, 6.45) is -2.94. The molecule has 134 valence electrons. The van der Waals surface area contributed by atoms with Gasteiger partial charge in [0.25, 0.3) is 0 Å². The van der Waals surface area contributed by atoms with Crippen molar-refractivity contribution >= 4 is 0 Å². The van der Waals surface area contributed by atoms with Crippen LogP contribution in [0, 0.1) is 0 Å². The second kappa shape index (κ2) is 7.58. The molecule has 25 heavy (non-hydrogen) atoms. The lowest BCUT2D eigenvalue weighted by molar-refractivity contribution is -0.137. The van der Waals surface area contributed by atoms with Crippen LogP contribution < -0.4 is 5.32 Å². The highest BCUT2D eigenvalue weighted by molar-refractivity contribution is 5.27. The maximum atomic E-state index is 12.9. The number of nitrogens with one attached hydrogen (secondary N) is 1. The van der Waals surface area contributed by atoms with Gasteiger partial charge in [0.1, 0.15) is 0 Å². The standard InChI is InChI=1S/C20H22F3NO/c1-14(16-9-5-10-17(13-16)20(21,22)23)25-18-11-6-12-24-19(18)15-7-3-2-4-8-15/h2-5,7-10,13-14,18-19,24H,6,11-12H2,1H3/t14-,18+,19+/m1/s1. The first-order valence-corrected chi connectivity index (χ1v) is 8.56. The molecule has 2 nitrogen and oxygen atoms in total. The Bertz CT molecular complexity index is 687. The molecule has 0 amide bonds. The molecule has 0 saturated carbocycles. The number of benzene rings is 2. The molecule has 2 aromatic carbocycles. The Balaban J connectivity index is 1.76. The van der Waals surface area contributed by atoms with Crippen LogP contribution in [-0.2, 0) is 10.9 Å². The van der Waals surface area contributed by atoms with Gasteiger partial charge >= 0.3 is 6.18 Å². The predicted molar refractivity (Wildman–Crippen MR) is 91.2 cm³/mol. The molecular weight excluding hydrogens is 327 g/mol. The number of alkyl halides is 3. The molecule has 0 aliphatic carbocycles. The molecule has 0 unspecified atom stereocenters. The second-order valence-corrected chi connectivity index (χ2v) is 6.42. The minimum absolute atomic E-state index is 0.0585. The van der Waals surface area contributed by atoms with Gasteiger partial charge in [-0.2, -0.15) is 13.2 Å². The molecule has 1 saturated heterocycles. The van der Waals surface area contributed by atoms with E-state index in [1.54, 1.807) is 6.07 Å². The summed E-state index contributed by atoms with van der Waals surface area (Å²) in [4.78, 5) is 0. The molecule has 1 heterocycles. The van der Waals surface area contributed by atoms with Crippen molar-refractivity contribution in [2.75, 3.05) is 6.54 Å². The average molecular weight is 349 g/mol. The van der Waals surface area contributed by atoms with Gasteiger partial charge in [0.2, 0.25) is 0 Å². The Morgan fingerprint density at radius 2 is 1.84 bits per heavy atom. The lowest BCUT2D eigenvalue weighted by atomic mass is 9.94. The normalized spacial score (nSPS) is 22.6. The molecule has 0 bridgehead atoms. The predicted octanol–water partition coefficient (Wildman–Crippen LogP) is 5.28. The smallest absolute Gasteiger partial charge is 0.369 e. The van der Waals surface area contributed by atoms with Gasteiger partial charge < -0.3 is 10.1 Å². The fraction of sp³-hybridized carbons (Fsp3) is 0.400. The van der Waals surface area contributed by atoms with Crippen LogP contribution in [0.25, 0.3) is 0 Å². The molecule has 0 spiro atoms. The first-order valence-electron chi connectivity index (χ1n) is 8.56. The number of hydrogen-bond donors (Lipinski definition) is 1. The van der Waals surface area contributed by atoms with Crippen LogP contribution in [0.2, 0.25) is 0 Å². The van der Waals surface area contributed by atoms with Crippen molar-refractivity contribution in [2.45, 2.75) is 44.2 Å². The zero-order valence-electron chi connectivity index (χ0n) is 14.1. The summed E-state index contributed by atoms with van der Waals surface area (Å²) in [5, 5.41) is 3.47. The number of hydrogen-bond acceptors (Lipinski definition) is 2. The third-order valence-electron chi connectivity index (χ3n) is 4.62. The molecule has 1 N–H and O–H groups in total. The van der Waals surface area contributed by atoms with E-state index in [2.05, 4.69) is 5.32 Å². The van der Waals surface area contributed by atoms with Crippen LogP contribution in [0.3, 0.4) is 0 Å². The van der Waals surface area contributed by atoms with Crippen LogP contribution in [0.5, 0.6) is 0 Å². The van der Waals surface area contributed by atoms with Crippen molar-refractivity contribution in [1.29, 1.82) is 0 Å². The lowest BCUT2D eigenvalue weighted by Gasteiger charge is -2.35. The van der Waals surface area contributed by atoms with Crippen molar-refractivity contribution in [2.24, 2.45) is 0 Å². The van der Waals surface area contributed by atoms with Crippen molar-refractivity contribution in [3.8, 4) is 0 Å². The fourth-order valence-corrected chi connectivity index (χ4v) is 3.31. The van der Waals surface area contributed by atoms with Crippen LogP contribution in [0.4, 0.5) is 13.2 Å². The van der Waals surface area contributed by atoms with Crippen LogP contribution in [-0.4, -0.2) is 12.6 Å². The Kier molecular flexibility index (Phi) is 5.45. The van der Waals surface area contributed by atoms with E-state index < -0.39 is 17.8 Å². The molecular formula is C20H22F3NO. The largest absolute Gasteiger partial charge is 0.416 e. The van der Waals surface area contributed by atoms with E-state index in [1.165, 1.54) is 12.1 Å². The van der Waals surface area contributed by atoms with E-state index in [1.807, 2.05) is 37.3 Å². The summed E-state index contributed by atoms with van der Waals surface area (Å²) in [5.41, 5.74) is 1.05. The van der Waals surface area contributed by atoms with Crippen LogP contribution >= 0.6 is 0 Å². The number of rotatable bonds is 4. The third kappa shape index (κ3) is 4.41. The Morgan fingerprint density at radius 3 is 2.56 bits per heavy atom. The van der Waals surface area contributed by atoms with Gasteiger partial charge in [0.15, 0.2) is 0 Å². The SMILES string of the molecule is C[C@@H](O[C@H]1CCCN[C@H]1c1ccccc1)c1cccc(C(F)(F)F)c1. The molecule has 0 aromatic heterocycles. The zero-order valence-corrected chi connectivity index (χ0v) is 14.1. The highest BCUT2D eigenvalue weighted by Gasteiger charge is 2.32. The van der Waals surface area contributed by atoms with E-state index >= 15 is 0 Å². The minimum atomic E-state index is -4.34. The summed E-state index contributed by atoms with van der Waals surface area (Å²) >= 11 is 0. The highest BCUT2D eigenvalue weighted by atomic mass is 19.4. The van der Waals surface area contributed by atoms with Crippen molar-refractivity contribution in [3.63, 3.8) is 0 Å². The van der Waals surface area contributed by atoms with Gasteiger partial charge in [-0.15, -0.1) is 0 Å². The summed E-state index contributed by atoms with van der Waals surface area (Å²) in [6.45, 7) is 2.73. The molecule has 1 aliphatic rings. The van der Waals surface area contributed by atoms with E-state index in [-0.39, 0.29) is 12.1 Å².